The smallest absolute Gasteiger partial charge is 0.253 e. The Labute approximate surface area is 589 Å². The molecule has 0 bridgehead atoms. The summed E-state index contributed by atoms with van der Waals surface area (Å²) in [7, 11) is 10.2. The van der Waals surface area contributed by atoms with Crippen LogP contribution in [0.15, 0.2) is 158 Å². The standard InChI is InChI=1S/C26H32N4O3.C25H30ClN5O3.C25H31N5O3/c1-30(16-23-14-24(17-33-2)29-28-23)26(32)20-8-5-18(6-9-20)12-19-7-10-21(13-19)25(31)22-4-3-11-27-15-22;1-31(14-20-12-21(15-34-2)30-29-20)25(33)17-5-3-16(4-6-17)11-19-8-9-22(28-19)24(32)18-7-10-23(26)27-13-18;1-30(15-21-13-22(16-33-2)29-28-21)25(32)18-7-5-17(6-8-18)12-20-9-10-23(27-20)24(31)19-4-3-11-26-14-19/h3-6,8-9,11,14-15,19,21,25,31H,7,10,12-13,16-17H2,1-2H3,(H,28,29);3-7,10,12-13,19,22,24,28,32H,8-9,11,14-15H2,1-2H3,(H,29,30);3-8,11,13-14,20,23-24,27,31H,9-10,12,15-16H2,1-2H3,(H,28,29)/t19-,21-,25-;19-,22+,24+;20-,23+,24+/m000/s1. The summed E-state index contributed by atoms with van der Waals surface area (Å²) in [4.78, 5) is 55.8. The van der Waals surface area contributed by atoms with E-state index in [4.69, 9.17) is 25.8 Å². The van der Waals surface area contributed by atoms with Crippen molar-refractivity contribution in [3.63, 3.8) is 0 Å². The van der Waals surface area contributed by atoms with E-state index in [-0.39, 0.29) is 41.8 Å². The number of hydrogen-bond acceptors (Lipinski definition) is 17. The lowest BCUT2D eigenvalue weighted by molar-refractivity contribution is 0.0776. The number of hydrogen-bond donors (Lipinski definition) is 8. The van der Waals surface area contributed by atoms with Crippen molar-refractivity contribution in [2.24, 2.45) is 11.8 Å². The van der Waals surface area contributed by atoms with Crippen LogP contribution < -0.4 is 10.6 Å². The number of aliphatic hydroxyl groups excluding tert-OH is 3. The molecule has 528 valence electrons. The summed E-state index contributed by atoms with van der Waals surface area (Å²) in [5.74, 6) is 0.717. The Morgan fingerprint density at radius 2 is 0.880 bits per heavy atom. The second-order valence-corrected chi connectivity index (χ2v) is 26.9. The Balaban J connectivity index is 0.000000162. The topological polar surface area (TPSA) is 298 Å². The highest BCUT2D eigenvalue weighted by atomic mass is 35.5. The maximum atomic E-state index is 12.8. The number of carbonyl (C=O) groups is 3. The molecule has 8 heterocycles. The highest BCUT2D eigenvalue weighted by molar-refractivity contribution is 6.29. The third kappa shape index (κ3) is 20.9. The molecule has 23 nitrogen and oxygen atoms in total. The molecular weight excluding hydrogens is 1290 g/mol. The number of carbonyl (C=O) groups excluding carboxylic acids is 3. The fourth-order valence-corrected chi connectivity index (χ4v) is 13.7. The second-order valence-electron chi connectivity index (χ2n) is 26.5. The predicted octanol–water partition coefficient (Wildman–Crippen LogP) is 9.81. The molecular formula is C76H93ClN14O9. The van der Waals surface area contributed by atoms with Gasteiger partial charge in [-0.1, -0.05) is 66.2 Å². The highest BCUT2D eigenvalue weighted by Gasteiger charge is 2.33. The number of rotatable bonds is 27. The number of nitrogens with zero attached hydrogens (tertiary/aromatic N) is 9. The van der Waals surface area contributed by atoms with Crippen molar-refractivity contribution < 1.29 is 43.9 Å². The Morgan fingerprint density at radius 1 is 0.490 bits per heavy atom. The van der Waals surface area contributed by atoms with E-state index in [9.17, 15) is 29.7 Å². The van der Waals surface area contributed by atoms with Gasteiger partial charge in [0.25, 0.3) is 17.7 Å². The van der Waals surface area contributed by atoms with Gasteiger partial charge in [0.05, 0.1) is 91.9 Å². The number of pyridine rings is 3. The van der Waals surface area contributed by atoms with Gasteiger partial charge >= 0.3 is 0 Å². The number of halogens is 1. The predicted molar refractivity (Wildman–Crippen MR) is 379 cm³/mol. The second kappa shape index (κ2) is 36.5. The number of benzene rings is 3. The largest absolute Gasteiger partial charge is 0.388 e. The third-order valence-corrected chi connectivity index (χ3v) is 19.0. The number of nitrogens with one attached hydrogen (secondary N) is 5. The molecule has 0 spiro atoms. The van der Waals surface area contributed by atoms with Crippen molar-refractivity contribution in [2.45, 2.75) is 146 Å². The maximum Gasteiger partial charge on any atom is 0.253 e. The van der Waals surface area contributed by atoms with Crippen LogP contribution in [0.4, 0.5) is 0 Å². The van der Waals surface area contributed by atoms with Crippen LogP contribution in [-0.2, 0) is 72.9 Å². The molecule has 0 unspecified atom stereocenters. The minimum Gasteiger partial charge on any atom is -0.388 e. The Hall–Kier alpha value is -8.88. The lowest BCUT2D eigenvalue weighted by atomic mass is 9.92. The number of aromatic nitrogens is 9. The first kappa shape index (κ1) is 73.8. The fourth-order valence-electron chi connectivity index (χ4n) is 13.5. The van der Waals surface area contributed by atoms with Gasteiger partial charge < -0.3 is 54.9 Å². The summed E-state index contributed by atoms with van der Waals surface area (Å²) in [6.07, 6.45) is 16.5. The van der Waals surface area contributed by atoms with Gasteiger partial charge in [0.2, 0.25) is 0 Å². The average molecular weight is 1380 g/mol. The molecule has 1 saturated carbocycles. The Morgan fingerprint density at radius 3 is 1.25 bits per heavy atom. The van der Waals surface area contributed by atoms with Gasteiger partial charge in [-0.3, -0.25) is 39.6 Å². The quantitative estimate of drug-likeness (QED) is 0.0222. The van der Waals surface area contributed by atoms with Crippen molar-refractivity contribution in [3.8, 4) is 0 Å². The molecule has 3 aromatic carbocycles. The van der Waals surface area contributed by atoms with E-state index in [1.807, 2.05) is 109 Å². The first-order valence-corrected chi connectivity index (χ1v) is 34.4. The van der Waals surface area contributed by atoms with Crippen molar-refractivity contribution in [2.75, 3.05) is 42.5 Å². The molecule has 9 aromatic rings. The molecule has 12 rings (SSSR count). The first-order chi connectivity index (χ1) is 48.5. The molecule has 6 aromatic heterocycles. The molecule has 1 aliphatic carbocycles. The van der Waals surface area contributed by atoms with Gasteiger partial charge in [0.1, 0.15) is 5.15 Å². The van der Waals surface area contributed by atoms with Gasteiger partial charge in [0.15, 0.2) is 0 Å². The van der Waals surface area contributed by atoms with Crippen LogP contribution in [0.5, 0.6) is 0 Å². The number of amides is 3. The van der Waals surface area contributed by atoms with Gasteiger partial charge in [-0.05, 0) is 171 Å². The summed E-state index contributed by atoms with van der Waals surface area (Å²) in [5, 5.41) is 60.9. The van der Waals surface area contributed by atoms with E-state index in [1.165, 1.54) is 11.1 Å². The molecule has 2 saturated heterocycles. The molecule has 0 radical (unpaired) electrons. The van der Waals surface area contributed by atoms with Crippen LogP contribution in [0, 0.1) is 11.8 Å². The van der Waals surface area contributed by atoms with Crippen LogP contribution in [0.25, 0.3) is 0 Å². The van der Waals surface area contributed by atoms with E-state index in [2.05, 4.69) is 68.3 Å². The normalized spacial score (nSPS) is 18.8. The Bertz CT molecular complexity index is 3810. The zero-order valence-corrected chi connectivity index (χ0v) is 58.5. The number of methoxy groups -OCH3 is 3. The highest BCUT2D eigenvalue weighted by Crippen LogP contribution is 2.40. The third-order valence-electron chi connectivity index (χ3n) is 18.8. The minimum atomic E-state index is -0.620. The summed E-state index contributed by atoms with van der Waals surface area (Å²) in [5.41, 5.74) is 13.1. The van der Waals surface area contributed by atoms with Gasteiger partial charge in [-0.2, -0.15) is 15.3 Å². The Kier molecular flexibility index (Phi) is 26.9. The number of ether oxygens (including phenoxy) is 3. The van der Waals surface area contributed by atoms with Crippen LogP contribution >= 0.6 is 11.6 Å². The van der Waals surface area contributed by atoms with Crippen molar-refractivity contribution in [3.05, 3.63) is 248 Å². The van der Waals surface area contributed by atoms with Crippen LogP contribution in [0.1, 0.15) is 162 Å². The van der Waals surface area contributed by atoms with E-state index in [1.54, 1.807) is 94.2 Å². The summed E-state index contributed by atoms with van der Waals surface area (Å²) in [6.45, 7) is 2.66. The zero-order valence-electron chi connectivity index (χ0n) is 57.7. The van der Waals surface area contributed by atoms with Crippen LogP contribution in [-0.4, -0.2) is 160 Å². The van der Waals surface area contributed by atoms with Crippen LogP contribution in [0.3, 0.4) is 0 Å². The van der Waals surface area contributed by atoms with Gasteiger partial charge in [0, 0.05) is 125 Å². The molecule has 3 aliphatic rings. The number of aliphatic hydroxyl groups is 3. The first-order valence-electron chi connectivity index (χ1n) is 34.1. The lowest BCUT2D eigenvalue weighted by Gasteiger charge is -2.20. The van der Waals surface area contributed by atoms with E-state index < -0.39 is 18.3 Å². The molecule has 24 heteroatoms. The zero-order chi connectivity index (χ0) is 70.5. The fraction of sp³-hybridized carbons (Fsp3) is 0.408. The van der Waals surface area contributed by atoms with E-state index in [0.29, 0.717) is 73.3 Å². The van der Waals surface area contributed by atoms with Crippen molar-refractivity contribution in [1.29, 1.82) is 0 Å². The molecule has 100 heavy (non-hydrogen) atoms. The number of H-pyrrole nitrogens is 3. The van der Waals surface area contributed by atoms with Crippen LogP contribution in [0.2, 0.25) is 5.15 Å². The van der Waals surface area contributed by atoms with Crippen molar-refractivity contribution >= 4 is 29.3 Å². The summed E-state index contributed by atoms with van der Waals surface area (Å²) in [6, 6.07) is 40.9. The summed E-state index contributed by atoms with van der Waals surface area (Å²) < 4.78 is 15.2. The minimum absolute atomic E-state index is 0.0191. The monoisotopic (exact) mass is 1380 g/mol. The average Bonchev–Trinajstić information content (AvgIpc) is 1.68. The molecule has 3 fully saturated rings. The summed E-state index contributed by atoms with van der Waals surface area (Å²) >= 11 is 5.84. The molecule has 3 amide bonds. The molecule has 9 atom stereocenters. The van der Waals surface area contributed by atoms with E-state index >= 15 is 0 Å². The lowest BCUT2D eigenvalue weighted by Crippen LogP contribution is -2.35. The van der Waals surface area contributed by atoms with Gasteiger partial charge in [-0.15, -0.1) is 0 Å². The maximum absolute atomic E-state index is 12.8. The van der Waals surface area contributed by atoms with Crippen molar-refractivity contribution in [1.82, 2.24) is 70.9 Å². The SMILES string of the molecule is COCc1cc(CN(C)C(=O)c2ccc(C[C@@H]3CC[C@H]([C@H](O)c4ccc(Cl)nc4)N3)cc2)[nH]n1.COCc1cc(CN(C)C(=O)c2ccc(C[C@@H]3CC[C@H]([C@H](O)c4cccnc4)C3)cc2)[nH]n1.COCc1cc(CN(C)C(=O)c2ccc(C[C@@H]3CC[C@H]([C@H](O)c4cccnc4)N3)cc2)[nH]n1. The molecule has 8 N–H and O–H groups in total. The number of aromatic amines is 3. The molecule has 2 aliphatic heterocycles. The van der Waals surface area contributed by atoms with E-state index in [0.717, 1.165) is 121 Å². The van der Waals surface area contributed by atoms with Gasteiger partial charge in [-0.25, -0.2) is 4.98 Å².